The summed E-state index contributed by atoms with van der Waals surface area (Å²) < 4.78 is 0. The maximum Gasteiger partial charge on any atom is 0.161 e. The molecule has 0 radical (unpaired) electrons. The van der Waals surface area contributed by atoms with Crippen LogP contribution in [0.25, 0.3) is 0 Å². The molecular weight excluding hydrogens is 112 g/mol. The van der Waals surface area contributed by atoms with Crippen molar-refractivity contribution < 1.29 is 4.79 Å². The highest BCUT2D eigenvalue weighted by Gasteiger charge is 1.79. The van der Waals surface area contributed by atoms with Crippen molar-refractivity contribution in [2.24, 2.45) is 0 Å². The van der Waals surface area contributed by atoms with Crippen molar-refractivity contribution in [1.29, 1.82) is 0 Å². The van der Waals surface area contributed by atoms with Gasteiger partial charge in [-0.25, -0.2) is 0 Å². The number of halogens is 1. The molecule has 40 valence electrons. The van der Waals surface area contributed by atoms with Gasteiger partial charge in [0.1, 0.15) is 0 Å². The summed E-state index contributed by atoms with van der Waals surface area (Å²) in [6, 6.07) is 0. The smallest absolute Gasteiger partial charge is 0.161 e. The molecule has 0 fully saturated rings. The second-order valence-electron chi connectivity index (χ2n) is 1.12. The Morgan fingerprint density at radius 2 is 2.43 bits per heavy atom. The zero-order valence-electron chi connectivity index (χ0n) is 4.15. The maximum atomic E-state index is 9.69. The minimum atomic E-state index is 0.294. The number of aldehydes is 1. The predicted octanol–water partition coefficient (Wildman–Crippen LogP) is 1.72. The highest BCUT2D eigenvalue weighted by molar-refractivity contribution is 6.38. The van der Waals surface area contributed by atoms with Crippen LogP contribution in [0.4, 0.5) is 0 Å². The molecule has 0 aliphatic carbocycles. The summed E-state index contributed by atoms with van der Waals surface area (Å²) >= 11 is 5.26. The third-order valence-electron chi connectivity index (χ3n) is 0.512. The Bertz CT molecular complexity index is 86.1. The van der Waals surface area contributed by atoms with E-state index in [1.165, 1.54) is 0 Å². The molecule has 0 heterocycles. The second kappa shape index (κ2) is 3.88. The van der Waals surface area contributed by atoms with Gasteiger partial charge in [-0.3, -0.25) is 4.79 Å². The highest BCUT2D eigenvalue weighted by Crippen LogP contribution is 1.95. The fourth-order valence-electron chi connectivity index (χ4n) is 0.243. The van der Waals surface area contributed by atoms with Crippen LogP contribution in [0, 0.1) is 0 Å². The molecule has 0 aromatic rings. The molecule has 0 saturated heterocycles. The number of hydrogen-bond donors (Lipinski definition) is 0. The number of carbonyl (C=O) groups is 1. The van der Waals surface area contributed by atoms with E-state index < -0.39 is 0 Å². The zero-order chi connectivity index (χ0) is 5.70. The molecule has 0 N–H and O–H groups in total. The minimum absolute atomic E-state index is 0.294. The molecule has 0 rings (SSSR count). The average Bonchev–Trinajstić information content (AvgIpc) is 1.68. The molecule has 2 heteroatoms. The molecular formula is C5H7ClO. The SMILES string of the molecule is CC/C=C(\Cl)C=O. The number of hydrogen-bond acceptors (Lipinski definition) is 1. The Balaban J connectivity index is 3.49. The lowest BCUT2D eigenvalue weighted by atomic mass is 10.4. The van der Waals surface area contributed by atoms with Crippen molar-refractivity contribution in [3.05, 3.63) is 11.1 Å². The van der Waals surface area contributed by atoms with Gasteiger partial charge >= 0.3 is 0 Å². The fourth-order valence-corrected chi connectivity index (χ4v) is 0.397. The van der Waals surface area contributed by atoms with Crippen LogP contribution in [0.5, 0.6) is 0 Å². The van der Waals surface area contributed by atoms with E-state index in [4.69, 9.17) is 11.6 Å². The third-order valence-corrected chi connectivity index (χ3v) is 0.755. The molecule has 0 amide bonds. The van der Waals surface area contributed by atoms with Crippen molar-refractivity contribution >= 4 is 17.9 Å². The van der Waals surface area contributed by atoms with Crippen LogP contribution < -0.4 is 0 Å². The van der Waals surface area contributed by atoms with E-state index in [1.807, 2.05) is 6.92 Å². The Kier molecular flexibility index (Phi) is 3.71. The lowest BCUT2D eigenvalue weighted by Gasteiger charge is -1.76. The van der Waals surface area contributed by atoms with Gasteiger partial charge in [0, 0.05) is 0 Å². The summed E-state index contributed by atoms with van der Waals surface area (Å²) in [5, 5.41) is 0.294. The molecule has 0 saturated carbocycles. The van der Waals surface area contributed by atoms with Gasteiger partial charge < -0.3 is 0 Å². The zero-order valence-corrected chi connectivity index (χ0v) is 4.90. The van der Waals surface area contributed by atoms with Crippen molar-refractivity contribution in [1.82, 2.24) is 0 Å². The van der Waals surface area contributed by atoms with Crippen LogP contribution in [-0.2, 0) is 4.79 Å². The predicted molar refractivity (Wildman–Crippen MR) is 30.3 cm³/mol. The summed E-state index contributed by atoms with van der Waals surface area (Å²) in [5.74, 6) is 0. The molecule has 0 bridgehead atoms. The van der Waals surface area contributed by atoms with Gasteiger partial charge in [0.25, 0.3) is 0 Å². The van der Waals surface area contributed by atoms with Crippen LogP contribution in [0.1, 0.15) is 13.3 Å². The molecule has 0 aromatic carbocycles. The topological polar surface area (TPSA) is 17.1 Å². The maximum absolute atomic E-state index is 9.69. The van der Waals surface area contributed by atoms with Crippen LogP contribution in [0.15, 0.2) is 11.1 Å². The van der Waals surface area contributed by atoms with Crippen LogP contribution in [-0.4, -0.2) is 6.29 Å². The standard InChI is InChI=1S/C5H7ClO/c1-2-3-5(6)4-7/h3-4H,2H2,1H3/b5-3-. The number of rotatable bonds is 2. The first-order chi connectivity index (χ1) is 3.31. The molecule has 1 nitrogen and oxygen atoms in total. The summed E-state index contributed by atoms with van der Waals surface area (Å²) in [6.45, 7) is 1.92. The van der Waals surface area contributed by atoms with E-state index >= 15 is 0 Å². The van der Waals surface area contributed by atoms with Gasteiger partial charge in [0.15, 0.2) is 6.29 Å². The fraction of sp³-hybridized carbons (Fsp3) is 0.400. The van der Waals surface area contributed by atoms with E-state index in [9.17, 15) is 4.79 Å². The van der Waals surface area contributed by atoms with Crippen LogP contribution in [0.2, 0.25) is 0 Å². The van der Waals surface area contributed by atoms with E-state index in [0.717, 1.165) is 6.42 Å². The van der Waals surface area contributed by atoms with E-state index in [1.54, 1.807) is 6.08 Å². The number of carbonyl (C=O) groups excluding carboxylic acids is 1. The Morgan fingerprint density at radius 3 is 2.57 bits per heavy atom. The highest BCUT2D eigenvalue weighted by atomic mass is 35.5. The normalized spacial score (nSPS) is 11.4. The monoisotopic (exact) mass is 118 g/mol. The summed E-state index contributed by atoms with van der Waals surface area (Å²) in [7, 11) is 0. The van der Waals surface area contributed by atoms with Gasteiger partial charge in [-0.05, 0) is 6.42 Å². The Labute approximate surface area is 48.0 Å². The Morgan fingerprint density at radius 1 is 1.86 bits per heavy atom. The van der Waals surface area contributed by atoms with Crippen molar-refractivity contribution in [2.45, 2.75) is 13.3 Å². The molecule has 0 aliphatic heterocycles. The third kappa shape index (κ3) is 3.53. The minimum Gasteiger partial charge on any atom is -0.297 e. The van der Waals surface area contributed by atoms with Gasteiger partial charge in [-0.15, -0.1) is 0 Å². The van der Waals surface area contributed by atoms with Crippen molar-refractivity contribution in [3.63, 3.8) is 0 Å². The molecule has 0 unspecified atom stereocenters. The van der Waals surface area contributed by atoms with Gasteiger partial charge in [-0.1, -0.05) is 24.6 Å². The molecule has 0 atom stereocenters. The van der Waals surface area contributed by atoms with Crippen molar-refractivity contribution in [2.75, 3.05) is 0 Å². The first kappa shape index (κ1) is 6.70. The van der Waals surface area contributed by atoms with Gasteiger partial charge in [0.2, 0.25) is 0 Å². The lowest BCUT2D eigenvalue weighted by molar-refractivity contribution is -0.104. The Hall–Kier alpha value is -0.300. The summed E-state index contributed by atoms with van der Waals surface area (Å²) in [6.07, 6.45) is 3.11. The number of allylic oxidation sites excluding steroid dienone is 2. The quantitative estimate of drug-likeness (QED) is 0.399. The molecule has 0 aliphatic rings. The van der Waals surface area contributed by atoms with Crippen LogP contribution >= 0.6 is 11.6 Å². The lowest BCUT2D eigenvalue weighted by Crippen LogP contribution is -1.68. The van der Waals surface area contributed by atoms with Gasteiger partial charge in [-0.2, -0.15) is 0 Å². The van der Waals surface area contributed by atoms with Crippen LogP contribution in [0.3, 0.4) is 0 Å². The molecule has 0 aromatic heterocycles. The first-order valence-corrected chi connectivity index (χ1v) is 2.50. The molecule has 7 heavy (non-hydrogen) atoms. The first-order valence-electron chi connectivity index (χ1n) is 2.12. The summed E-state index contributed by atoms with van der Waals surface area (Å²) in [5.41, 5.74) is 0. The van der Waals surface area contributed by atoms with Gasteiger partial charge in [0.05, 0.1) is 5.03 Å². The van der Waals surface area contributed by atoms with E-state index in [2.05, 4.69) is 0 Å². The van der Waals surface area contributed by atoms with Crippen molar-refractivity contribution in [3.8, 4) is 0 Å². The molecule has 0 spiro atoms. The van der Waals surface area contributed by atoms with E-state index in [-0.39, 0.29) is 0 Å². The second-order valence-corrected chi connectivity index (χ2v) is 1.55. The average molecular weight is 119 g/mol. The van der Waals surface area contributed by atoms with E-state index in [0.29, 0.717) is 11.3 Å². The summed E-state index contributed by atoms with van der Waals surface area (Å²) in [4.78, 5) is 9.69. The largest absolute Gasteiger partial charge is 0.297 e.